The zero-order valence-corrected chi connectivity index (χ0v) is 15.2. The Kier molecular flexibility index (Phi) is 5.26. The minimum Gasteiger partial charge on any atom is -0.325 e. The number of fused-ring (bicyclic) bond motifs is 1. The summed E-state index contributed by atoms with van der Waals surface area (Å²) in [7, 11) is 0. The summed E-state index contributed by atoms with van der Waals surface area (Å²) in [5.41, 5.74) is 0.825. The summed E-state index contributed by atoms with van der Waals surface area (Å²) in [6.45, 7) is 0. The van der Waals surface area contributed by atoms with Crippen molar-refractivity contribution in [1.29, 1.82) is 0 Å². The first-order chi connectivity index (χ1) is 11.1. The molecule has 0 aromatic heterocycles. The van der Waals surface area contributed by atoms with Crippen LogP contribution in [0.5, 0.6) is 0 Å². The van der Waals surface area contributed by atoms with Gasteiger partial charge in [0.1, 0.15) is 0 Å². The number of benzene rings is 3. The van der Waals surface area contributed by atoms with E-state index in [0.29, 0.717) is 10.8 Å². The van der Waals surface area contributed by atoms with Gasteiger partial charge < -0.3 is 5.32 Å². The van der Waals surface area contributed by atoms with Crippen molar-refractivity contribution in [2.24, 2.45) is 0 Å². The van der Waals surface area contributed by atoms with E-state index in [1.165, 1.54) is 11.8 Å². The van der Waals surface area contributed by atoms with Crippen molar-refractivity contribution in [3.05, 3.63) is 70.2 Å². The van der Waals surface area contributed by atoms with Gasteiger partial charge in [0.15, 0.2) is 0 Å². The van der Waals surface area contributed by atoms with E-state index in [9.17, 15) is 4.79 Å². The second kappa shape index (κ2) is 7.39. The average molecular weight is 407 g/mol. The van der Waals surface area contributed by atoms with Crippen LogP contribution in [0, 0.1) is 0 Å². The lowest BCUT2D eigenvalue weighted by Crippen LogP contribution is -2.14. The summed E-state index contributed by atoms with van der Waals surface area (Å²) >= 11 is 10.9. The van der Waals surface area contributed by atoms with Crippen molar-refractivity contribution < 1.29 is 4.79 Å². The van der Waals surface area contributed by atoms with Crippen molar-refractivity contribution in [3.63, 3.8) is 0 Å². The standard InChI is InChI=1S/C18H13BrClNOS/c19-16-9-10-17(15-4-2-1-3-14(15)16)21-18(22)11-23-13-7-5-12(20)6-8-13/h1-10H,11H2,(H,21,22). The second-order valence-corrected chi connectivity index (χ2v) is 7.27. The number of nitrogens with one attached hydrogen (secondary N) is 1. The van der Waals surface area contributed by atoms with Gasteiger partial charge in [0.2, 0.25) is 5.91 Å². The Balaban J connectivity index is 1.71. The average Bonchev–Trinajstić information content (AvgIpc) is 2.57. The Bertz CT molecular complexity index is 851. The Morgan fingerprint density at radius 2 is 1.70 bits per heavy atom. The van der Waals surface area contributed by atoms with Gasteiger partial charge in [0.25, 0.3) is 0 Å². The van der Waals surface area contributed by atoms with Gasteiger partial charge in [-0.15, -0.1) is 11.8 Å². The molecule has 0 spiro atoms. The predicted molar refractivity (Wildman–Crippen MR) is 102 cm³/mol. The molecule has 3 aromatic carbocycles. The molecule has 0 aliphatic heterocycles. The molecule has 116 valence electrons. The molecule has 3 aromatic rings. The van der Waals surface area contributed by atoms with Gasteiger partial charge in [-0.25, -0.2) is 0 Å². The van der Waals surface area contributed by atoms with Crippen LogP contribution in [0.1, 0.15) is 0 Å². The largest absolute Gasteiger partial charge is 0.325 e. The Hall–Kier alpha value is -1.49. The molecule has 0 aliphatic rings. The fourth-order valence-corrected chi connectivity index (χ4v) is 3.54. The van der Waals surface area contributed by atoms with Crippen molar-refractivity contribution in [1.82, 2.24) is 0 Å². The topological polar surface area (TPSA) is 29.1 Å². The third-order valence-corrected chi connectivity index (χ3v) is 5.28. The number of hydrogen-bond acceptors (Lipinski definition) is 2. The van der Waals surface area contributed by atoms with Crippen LogP contribution in [0.4, 0.5) is 5.69 Å². The second-order valence-electron chi connectivity index (χ2n) is 4.93. The highest BCUT2D eigenvalue weighted by Crippen LogP contribution is 2.30. The molecule has 5 heteroatoms. The Morgan fingerprint density at radius 3 is 2.43 bits per heavy atom. The third kappa shape index (κ3) is 4.08. The van der Waals surface area contributed by atoms with E-state index in [1.54, 1.807) is 0 Å². The zero-order chi connectivity index (χ0) is 16.2. The van der Waals surface area contributed by atoms with Crippen LogP contribution in [0.25, 0.3) is 10.8 Å². The smallest absolute Gasteiger partial charge is 0.234 e. The summed E-state index contributed by atoms with van der Waals surface area (Å²) in [6.07, 6.45) is 0. The molecule has 3 rings (SSSR count). The SMILES string of the molecule is O=C(CSc1ccc(Cl)cc1)Nc1ccc(Br)c2ccccc12. The number of hydrogen-bond donors (Lipinski definition) is 1. The molecule has 0 radical (unpaired) electrons. The lowest BCUT2D eigenvalue weighted by atomic mass is 10.1. The minimum absolute atomic E-state index is 0.0302. The highest BCUT2D eigenvalue weighted by molar-refractivity contribution is 9.10. The molecule has 0 heterocycles. The number of thioether (sulfide) groups is 1. The van der Waals surface area contributed by atoms with Gasteiger partial charge in [-0.2, -0.15) is 0 Å². The molecular weight excluding hydrogens is 394 g/mol. The molecular formula is C18H13BrClNOS. The summed E-state index contributed by atoms with van der Waals surface area (Å²) in [5, 5.41) is 5.78. The van der Waals surface area contributed by atoms with E-state index >= 15 is 0 Å². The van der Waals surface area contributed by atoms with Gasteiger partial charge in [-0.05, 0) is 41.8 Å². The van der Waals surface area contributed by atoms with Crippen molar-refractivity contribution in [2.75, 3.05) is 11.1 Å². The van der Waals surface area contributed by atoms with Crippen LogP contribution in [-0.4, -0.2) is 11.7 Å². The fraction of sp³-hybridized carbons (Fsp3) is 0.0556. The van der Waals surface area contributed by atoms with Gasteiger partial charge >= 0.3 is 0 Å². The van der Waals surface area contributed by atoms with E-state index in [-0.39, 0.29) is 5.91 Å². The van der Waals surface area contributed by atoms with E-state index < -0.39 is 0 Å². The van der Waals surface area contributed by atoms with Crippen molar-refractivity contribution in [2.45, 2.75) is 4.90 Å². The van der Waals surface area contributed by atoms with Crippen LogP contribution < -0.4 is 5.32 Å². The molecule has 1 N–H and O–H groups in total. The molecule has 0 aliphatic carbocycles. The predicted octanol–water partition coefficient (Wildman–Crippen LogP) is 5.99. The maximum Gasteiger partial charge on any atom is 0.234 e. The zero-order valence-electron chi connectivity index (χ0n) is 12.1. The lowest BCUT2D eigenvalue weighted by molar-refractivity contribution is -0.113. The first-order valence-corrected chi connectivity index (χ1v) is 9.14. The molecule has 0 unspecified atom stereocenters. The minimum atomic E-state index is -0.0302. The molecule has 2 nitrogen and oxygen atoms in total. The highest BCUT2D eigenvalue weighted by atomic mass is 79.9. The van der Waals surface area contributed by atoms with E-state index in [0.717, 1.165) is 25.8 Å². The maximum absolute atomic E-state index is 12.2. The van der Waals surface area contributed by atoms with Gasteiger partial charge in [-0.3, -0.25) is 4.79 Å². The fourth-order valence-electron chi connectivity index (χ4n) is 2.24. The third-order valence-electron chi connectivity index (χ3n) is 3.33. The van der Waals surface area contributed by atoms with Gasteiger partial charge in [-0.1, -0.05) is 51.8 Å². The number of rotatable bonds is 4. The normalized spacial score (nSPS) is 10.7. The number of carbonyl (C=O) groups excluding carboxylic acids is 1. The van der Waals surface area contributed by atoms with Crippen LogP contribution >= 0.6 is 39.3 Å². The molecule has 0 bridgehead atoms. The molecule has 0 saturated heterocycles. The quantitative estimate of drug-likeness (QED) is 0.539. The first-order valence-electron chi connectivity index (χ1n) is 6.99. The van der Waals surface area contributed by atoms with E-state index in [1.807, 2.05) is 60.7 Å². The molecule has 1 amide bonds. The first kappa shape index (κ1) is 16.4. The number of carbonyl (C=O) groups is 1. The van der Waals surface area contributed by atoms with Crippen LogP contribution in [0.15, 0.2) is 70.0 Å². The molecule has 0 saturated carbocycles. The van der Waals surface area contributed by atoms with Gasteiger partial charge in [0, 0.05) is 25.5 Å². The summed E-state index contributed by atoms with van der Waals surface area (Å²) in [4.78, 5) is 13.2. The van der Waals surface area contributed by atoms with Crippen LogP contribution in [-0.2, 0) is 4.79 Å². The van der Waals surface area contributed by atoms with Gasteiger partial charge in [0.05, 0.1) is 5.75 Å². The Morgan fingerprint density at radius 1 is 1.00 bits per heavy atom. The highest BCUT2D eigenvalue weighted by Gasteiger charge is 2.08. The number of anilines is 1. The molecule has 0 atom stereocenters. The van der Waals surface area contributed by atoms with Crippen molar-refractivity contribution in [3.8, 4) is 0 Å². The maximum atomic E-state index is 12.2. The number of halogens is 2. The lowest BCUT2D eigenvalue weighted by Gasteiger charge is -2.10. The van der Waals surface area contributed by atoms with E-state index in [4.69, 9.17) is 11.6 Å². The monoisotopic (exact) mass is 405 g/mol. The molecule has 0 fully saturated rings. The molecule has 23 heavy (non-hydrogen) atoms. The summed E-state index contributed by atoms with van der Waals surface area (Å²) in [5.74, 6) is 0.323. The van der Waals surface area contributed by atoms with Crippen molar-refractivity contribution >= 4 is 61.7 Å². The number of amides is 1. The van der Waals surface area contributed by atoms with Crippen LogP contribution in [0.2, 0.25) is 5.02 Å². The summed E-state index contributed by atoms with van der Waals surface area (Å²) in [6, 6.07) is 19.3. The summed E-state index contributed by atoms with van der Waals surface area (Å²) < 4.78 is 1.02. The van der Waals surface area contributed by atoms with E-state index in [2.05, 4.69) is 21.2 Å². The van der Waals surface area contributed by atoms with Crippen LogP contribution in [0.3, 0.4) is 0 Å². The Labute approximate surface area is 152 Å².